The van der Waals surface area contributed by atoms with E-state index in [9.17, 15) is 9.90 Å². The number of rotatable bonds is 7. The average Bonchev–Trinajstić information content (AvgIpc) is 2.88. The number of carbonyl (C=O) groups is 1. The highest BCUT2D eigenvalue weighted by Crippen LogP contribution is 2.55. The number of ether oxygens (including phenoxy) is 2. The molecular weight excluding hydrogens is 590 g/mol. The zero-order valence-electron chi connectivity index (χ0n) is 23.2. The van der Waals surface area contributed by atoms with E-state index in [4.69, 9.17) is 55.9 Å². The van der Waals surface area contributed by atoms with Gasteiger partial charge in [0.25, 0.3) is 0 Å². The number of benzene rings is 3. The SMILES string of the molecule is CC(C)[C@@H]1C[C@@H](c2ccc(Cl)c(Cl)c2)[C@@H](c2ccc(Cl)cc2)O[C@H]1c1cc(C(C)(C)C)cc(Cl)c1OCC(=O)O. The van der Waals surface area contributed by atoms with E-state index in [1.807, 2.05) is 48.5 Å². The lowest BCUT2D eigenvalue weighted by Crippen LogP contribution is -2.34. The molecule has 1 fully saturated rings. The van der Waals surface area contributed by atoms with E-state index in [2.05, 4.69) is 40.7 Å². The minimum atomic E-state index is -1.08. The quantitative estimate of drug-likeness (QED) is 0.284. The van der Waals surface area contributed by atoms with Gasteiger partial charge in [0.15, 0.2) is 6.61 Å². The van der Waals surface area contributed by atoms with E-state index in [1.54, 1.807) is 0 Å². The van der Waals surface area contributed by atoms with Gasteiger partial charge in [-0.1, -0.05) is 99.2 Å². The van der Waals surface area contributed by atoms with Gasteiger partial charge in [0, 0.05) is 16.5 Å². The summed E-state index contributed by atoms with van der Waals surface area (Å²) in [7, 11) is 0. The molecule has 4 atom stereocenters. The summed E-state index contributed by atoms with van der Waals surface area (Å²) < 4.78 is 12.9. The number of hydrogen-bond donors (Lipinski definition) is 1. The highest BCUT2D eigenvalue weighted by Gasteiger charge is 2.43. The van der Waals surface area contributed by atoms with Crippen molar-refractivity contribution in [1.29, 1.82) is 0 Å². The van der Waals surface area contributed by atoms with Crippen LogP contribution in [0.3, 0.4) is 0 Å². The molecule has 1 aliphatic heterocycles. The van der Waals surface area contributed by atoms with Gasteiger partial charge < -0.3 is 14.6 Å². The normalized spacial score (nSPS) is 21.4. The maximum absolute atomic E-state index is 11.5. The number of carboxylic acids is 1. The van der Waals surface area contributed by atoms with Gasteiger partial charge in [-0.2, -0.15) is 0 Å². The molecule has 4 nitrogen and oxygen atoms in total. The van der Waals surface area contributed by atoms with Crippen molar-refractivity contribution in [3.63, 3.8) is 0 Å². The largest absolute Gasteiger partial charge is 0.480 e. The monoisotopic (exact) mass is 622 g/mol. The van der Waals surface area contributed by atoms with Gasteiger partial charge in [-0.3, -0.25) is 0 Å². The van der Waals surface area contributed by atoms with Crippen molar-refractivity contribution in [3.05, 3.63) is 96.9 Å². The molecular formula is C32H34Cl4O4. The molecule has 40 heavy (non-hydrogen) atoms. The fourth-order valence-corrected chi connectivity index (χ4v) is 6.10. The lowest BCUT2D eigenvalue weighted by molar-refractivity contribution is -0.139. The Hall–Kier alpha value is -1.95. The van der Waals surface area contributed by atoms with Crippen LogP contribution in [-0.4, -0.2) is 17.7 Å². The molecule has 0 amide bonds. The van der Waals surface area contributed by atoms with Gasteiger partial charge in [-0.15, -0.1) is 0 Å². The molecule has 0 spiro atoms. The third-order valence-electron chi connectivity index (χ3n) is 7.59. The predicted octanol–water partition coefficient (Wildman–Crippen LogP) is 10.3. The Kier molecular flexibility index (Phi) is 9.69. The number of aliphatic carboxylic acids is 1. The second kappa shape index (κ2) is 12.5. The van der Waals surface area contributed by atoms with Crippen molar-refractivity contribution in [1.82, 2.24) is 0 Å². The summed E-state index contributed by atoms with van der Waals surface area (Å²) >= 11 is 25.7. The Morgan fingerprint density at radius 2 is 1.57 bits per heavy atom. The molecule has 0 bridgehead atoms. The first kappa shape index (κ1) is 31.0. The highest BCUT2D eigenvalue weighted by molar-refractivity contribution is 6.42. The molecule has 3 aromatic rings. The van der Waals surface area contributed by atoms with Gasteiger partial charge in [-0.25, -0.2) is 4.79 Å². The Bertz CT molecular complexity index is 1360. The minimum absolute atomic E-state index is 0.0238. The van der Waals surface area contributed by atoms with Crippen molar-refractivity contribution in [2.45, 2.75) is 64.6 Å². The zero-order valence-corrected chi connectivity index (χ0v) is 26.2. The standard InChI is InChI=1S/C32H34Cl4O4/c1-17(2)22-15-23(19-8-11-25(34)26(35)12-19)29(18-6-9-21(33)10-7-18)40-30(22)24-13-20(32(3,4)5)14-27(36)31(24)39-16-28(37)38/h6-14,17,22-23,29-30H,15-16H2,1-5H3,(H,37,38)/t22-,23-,29+,30+/m0/s1. The Labute approximate surface area is 256 Å². The van der Waals surface area contributed by atoms with E-state index in [1.165, 1.54) is 0 Å². The third kappa shape index (κ3) is 6.91. The van der Waals surface area contributed by atoms with Crippen molar-refractivity contribution in [2.24, 2.45) is 11.8 Å². The zero-order chi connectivity index (χ0) is 29.4. The molecule has 0 aromatic heterocycles. The number of hydrogen-bond acceptors (Lipinski definition) is 3. The topological polar surface area (TPSA) is 55.8 Å². The van der Waals surface area contributed by atoms with Gasteiger partial charge in [0.1, 0.15) is 5.75 Å². The van der Waals surface area contributed by atoms with Crippen LogP contribution in [0.2, 0.25) is 20.1 Å². The molecule has 0 unspecified atom stereocenters. The van der Waals surface area contributed by atoms with Crippen LogP contribution in [0.4, 0.5) is 0 Å². The third-order valence-corrected chi connectivity index (χ3v) is 8.86. The molecule has 0 aliphatic carbocycles. The van der Waals surface area contributed by atoms with E-state index in [0.29, 0.717) is 25.8 Å². The van der Waals surface area contributed by atoms with Crippen LogP contribution in [0.15, 0.2) is 54.6 Å². The van der Waals surface area contributed by atoms with Crippen molar-refractivity contribution in [2.75, 3.05) is 6.61 Å². The Balaban J connectivity index is 1.89. The average molecular weight is 624 g/mol. The summed E-state index contributed by atoms with van der Waals surface area (Å²) in [6.45, 7) is 10.2. The first-order valence-electron chi connectivity index (χ1n) is 13.3. The van der Waals surface area contributed by atoms with Crippen LogP contribution in [0.25, 0.3) is 0 Å². The van der Waals surface area contributed by atoms with Crippen molar-refractivity contribution in [3.8, 4) is 5.75 Å². The van der Waals surface area contributed by atoms with Crippen LogP contribution >= 0.6 is 46.4 Å². The second-order valence-corrected chi connectivity index (χ2v) is 13.4. The first-order valence-corrected chi connectivity index (χ1v) is 14.8. The lowest BCUT2D eigenvalue weighted by Gasteiger charge is -2.45. The maximum atomic E-state index is 11.5. The predicted molar refractivity (Wildman–Crippen MR) is 163 cm³/mol. The van der Waals surface area contributed by atoms with Crippen LogP contribution in [0.1, 0.15) is 81.4 Å². The van der Waals surface area contributed by atoms with Crippen LogP contribution in [0.5, 0.6) is 5.75 Å². The van der Waals surface area contributed by atoms with Gasteiger partial charge >= 0.3 is 5.97 Å². The summed E-state index contributed by atoms with van der Waals surface area (Å²) in [5.74, 6) is -0.474. The lowest BCUT2D eigenvalue weighted by atomic mass is 9.72. The molecule has 1 N–H and O–H groups in total. The molecule has 3 aromatic carbocycles. The number of carboxylic acid groups (broad SMARTS) is 1. The fraction of sp³-hybridized carbons (Fsp3) is 0.406. The highest BCUT2D eigenvalue weighted by atomic mass is 35.5. The molecule has 1 aliphatic rings. The minimum Gasteiger partial charge on any atom is -0.480 e. The van der Waals surface area contributed by atoms with Crippen molar-refractivity contribution < 1.29 is 19.4 Å². The summed E-state index contributed by atoms with van der Waals surface area (Å²) in [5, 5.41) is 11.4. The fourth-order valence-electron chi connectivity index (χ4n) is 5.38. The summed E-state index contributed by atoms with van der Waals surface area (Å²) in [6.07, 6.45) is 0.0192. The van der Waals surface area contributed by atoms with Crippen LogP contribution in [0, 0.1) is 11.8 Å². The smallest absolute Gasteiger partial charge is 0.341 e. The number of halogens is 4. The van der Waals surface area contributed by atoms with E-state index in [-0.39, 0.29) is 29.3 Å². The molecule has 4 rings (SSSR count). The molecule has 8 heteroatoms. The molecule has 214 valence electrons. The molecule has 0 radical (unpaired) electrons. The van der Waals surface area contributed by atoms with E-state index in [0.717, 1.165) is 28.7 Å². The van der Waals surface area contributed by atoms with Crippen LogP contribution < -0.4 is 4.74 Å². The second-order valence-electron chi connectivity index (χ2n) is 11.8. The molecule has 1 heterocycles. The van der Waals surface area contributed by atoms with Gasteiger partial charge in [0.2, 0.25) is 0 Å². The Morgan fingerprint density at radius 1 is 0.925 bits per heavy atom. The summed E-state index contributed by atoms with van der Waals surface area (Å²) in [4.78, 5) is 11.5. The van der Waals surface area contributed by atoms with Gasteiger partial charge in [-0.05, 0) is 76.8 Å². The van der Waals surface area contributed by atoms with Gasteiger partial charge in [0.05, 0.1) is 27.3 Å². The maximum Gasteiger partial charge on any atom is 0.341 e. The van der Waals surface area contributed by atoms with E-state index < -0.39 is 18.7 Å². The van der Waals surface area contributed by atoms with Crippen LogP contribution in [-0.2, 0) is 14.9 Å². The van der Waals surface area contributed by atoms with E-state index >= 15 is 0 Å². The summed E-state index contributed by atoms with van der Waals surface area (Å²) in [6, 6.07) is 17.3. The van der Waals surface area contributed by atoms with Crippen molar-refractivity contribution >= 4 is 52.4 Å². The molecule has 0 saturated carbocycles. The first-order chi connectivity index (χ1) is 18.8. The summed E-state index contributed by atoms with van der Waals surface area (Å²) in [5.41, 5.74) is 3.56. The molecule has 1 saturated heterocycles. The Morgan fingerprint density at radius 3 is 2.15 bits per heavy atom.